The molecule has 2 amide bonds. The van der Waals surface area contributed by atoms with Crippen LogP contribution >= 0.6 is 0 Å². The summed E-state index contributed by atoms with van der Waals surface area (Å²) >= 11 is 0. The average molecular weight is 258 g/mol. The monoisotopic (exact) mass is 258 g/mol. The van der Waals surface area contributed by atoms with Crippen molar-refractivity contribution < 1.29 is 9.53 Å². The Bertz CT molecular complexity index is 552. The van der Waals surface area contributed by atoms with Gasteiger partial charge in [-0.1, -0.05) is 24.3 Å². The first-order chi connectivity index (χ1) is 9.19. The van der Waals surface area contributed by atoms with Gasteiger partial charge in [-0.2, -0.15) is 0 Å². The van der Waals surface area contributed by atoms with Crippen LogP contribution in [0.5, 0.6) is 6.01 Å². The van der Waals surface area contributed by atoms with Crippen molar-refractivity contribution in [1.29, 1.82) is 0 Å². The van der Waals surface area contributed by atoms with E-state index in [1.54, 1.807) is 12.4 Å². The largest absolute Gasteiger partial charge is 0.467 e. The molecule has 3 N–H and O–H groups in total. The van der Waals surface area contributed by atoms with E-state index in [9.17, 15) is 4.79 Å². The Kier molecular flexibility index (Phi) is 3.92. The molecule has 2 aromatic rings. The molecule has 0 saturated carbocycles. The van der Waals surface area contributed by atoms with Crippen LogP contribution in [0.1, 0.15) is 5.56 Å². The summed E-state index contributed by atoms with van der Waals surface area (Å²) in [6.45, 7) is 0.411. The number of nitrogens with one attached hydrogen (secondary N) is 1. The van der Waals surface area contributed by atoms with E-state index < -0.39 is 6.03 Å². The van der Waals surface area contributed by atoms with E-state index in [0.717, 1.165) is 16.7 Å². The van der Waals surface area contributed by atoms with Crippen LogP contribution in [0.4, 0.5) is 4.79 Å². The summed E-state index contributed by atoms with van der Waals surface area (Å²) in [5, 5.41) is 2.53. The molecule has 0 unspecified atom stereocenters. The summed E-state index contributed by atoms with van der Waals surface area (Å²) in [6.07, 6.45) is 3.39. The van der Waals surface area contributed by atoms with Gasteiger partial charge >= 0.3 is 12.0 Å². The van der Waals surface area contributed by atoms with Gasteiger partial charge in [0.1, 0.15) is 0 Å². The van der Waals surface area contributed by atoms with Gasteiger partial charge in [0.05, 0.1) is 7.11 Å². The van der Waals surface area contributed by atoms with Crippen LogP contribution in [0.15, 0.2) is 36.7 Å². The molecule has 0 aliphatic carbocycles. The fourth-order valence-electron chi connectivity index (χ4n) is 1.57. The predicted molar refractivity (Wildman–Crippen MR) is 70.4 cm³/mol. The SMILES string of the molecule is COc1ncc(-c2ccc(CNC(N)=O)cc2)cn1. The number of aromatic nitrogens is 2. The highest BCUT2D eigenvalue weighted by atomic mass is 16.5. The molecular formula is C13H14N4O2. The zero-order valence-electron chi connectivity index (χ0n) is 10.5. The lowest BCUT2D eigenvalue weighted by molar-refractivity contribution is 0.248. The molecule has 0 aliphatic rings. The minimum Gasteiger partial charge on any atom is -0.467 e. The van der Waals surface area contributed by atoms with Gasteiger partial charge in [-0.3, -0.25) is 0 Å². The lowest BCUT2D eigenvalue weighted by Gasteiger charge is -2.05. The van der Waals surface area contributed by atoms with E-state index in [2.05, 4.69) is 15.3 Å². The Balaban J connectivity index is 2.10. The number of hydrogen-bond donors (Lipinski definition) is 2. The maximum Gasteiger partial charge on any atom is 0.316 e. The highest BCUT2D eigenvalue weighted by Crippen LogP contribution is 2.19. The van der Waals surface area contributed by atoms with Gasteiger partial charge in [0.15, 0.2) is 0 Å². The molecule has 2 rings (SSSR count). The smallest absolute Gasteiger partial charge is 0.316 e. The van der Waals surface area contributed by atoms with Crippen molar-refractivity contribution in [3.8, 4) is 17.1 Å². The van der Waals surface area contributed by atoms with Crippen molar-refractivity contribution in [3.63, 3.8) is 0 Å². The number of ether oxygens (including phenoxy) is 1. The minimum absolute atomic E-state index is 0.339. The molecule has 0 spiro atoms. The fraction of sp³-hybridized carbons (Fsp3) is 0.154. The van der Waals surface area contributed by atoms with Crippen LogP contribution in [0.2, 0.25) is 0 Å². The third kappa shape index (κ3) is 3.41. The van der Waals surface area contributed by atoms with E-state index in [4.69, 9.17) is 10.5 Å². The molecule has 0 atom stereocenters. The Labute approximate surface area is 110 Å². The normalized spacial score (nSPS) is 9.95. The number of primary amides is 1. The number of benzene rings is 1. The molecule has 0 aliphatic heterocycles. The Morgan fingerprint density at radius 2 is 1.84 bits per heavy atom. The molecule has 6 nitrogen and oxygen atoms in total. The number of hydrogen-bond acceptors (Lipinski definition) is 4. The van der Waals surface area contributed by atoms with Gasteiger partial charge in [-0.15, -0.1) is 0 Å². The fourth-order valence-corrected chi connectivity index (χ4v) is 1.57. The second-order valence-corrected chi connectivity index (χ2v) is 3.87. The van der Waals surface area contributed by atoms with Gasteiger partial charge < -0.3 is 15.8 Å². The van der Waals surface area contributed by atoms with Crippen molar-refractivity contribution in [1.82, 2.24) is 15.3 Å². The first-order valence-corrected chi connectivity index (χ1v) is 5.67. The van der Waals surface area contributed by atoms with E-state index in [0.29, 0.717) is 12.6 Å². The van der Waals surface area contributed by atoms with E-state index in [1.807, 2.05) is 24.3 Å². The van der Waals surface area contributed by atoms with Gasteiger partial charge in [0.25, 0.3) is 0 Å². The highest BCUT2D eigenvalue weighted by molar-refractivity contribution is 5.71. The standard InChI is InChI=1S/C13H14N4O2/c1-19-13-16-7-11(8-17-13)10-4-2-9(3-5-10)6-15-12(14)18/h2-5,7-8H,6H2,1H3,(H3,14,15,18). The van der Waals surface area contributed by atoms with Gasteiger partial charge in [-0.05, 0) is 11.1 Å². The lowest BCUT2D eigenvalue weighted by atomic mass is 10.1. The van der Waals surface area contributed by atoms with E-state index >= 15 is 0 Å². The van der Waals surface area contributed by atoms with Crippen molar-refractivity contribution in [2.75, 3.05) is 7.11 Å². The zero-order valence-corrected chi connectivity index (χ0v) is 10.5. The maximum absolute atomic E-state index is 10.6. The van der Waals surface area contributed by atoms with Crippen molar-refractivity contribution in [2.45, 2.75) is 6.54 Å². The summed E-state index contributed by atoms with van der Waals surface area (Å²) in [5.41, 5.74) is 7.87. The van der Waals surface area contributed by atoms with Gasteiger partial charge in [-0.25, -0.2) is 14.8 Å². The lowest BCUT2D eigenvalue weighted by Crippen LogP contribution is -2.28. The zero-order chi connectivity index (χ0) is 13.7. The minimum atomic E-state index is -0.535. The number of methoxy groups -OCH3 is 1. The molecule has 0 bridgehead atoms. The van der Waals surface area contributed by atoms with Gasteiger partial charge in [0, 0.05) is 24.5 Å². The van der Waals surface area contributed by atoms with Crippen molar-refractivity contribution >= 4 is 6.03 Å². The quantitative estimate of drug-likeness (QED) is 0.865. The molecule has 0 saturated heterocycles. The molecule has 1 heterocycles. The van der Waals surface area contributed by atoms with Crippen molar-refractivity contribution in [3.05, 3.63) is 42.2 Å². The topological polar surface area (TPSA) is 90.1 Å². The number of nitrogens with two attached hydrogens (primary N) is 1. The van der Waals surface area contributed by atoms with E-state index in [-0.39, 0.29) is 0 Å². The molecule has 6 heteroatoms. The van der Waals surface area contributed by atoms with Crippen LogP contribution < -0.4 is 15.8 Å². The van der Waals surface area contributed by atoms with Crippen LogP contribution in [0.3, 0.4) is 0 Å². The molecule has 98 valence electrons. The maximum atomic E-state index is 10.6. The molecule has 0 radical (unpaired) electrons. The average Bonchev–Trinajstić information content (AvgIpc) is 2.46. The third-order valence-electron chi connectivity index (χ3n) is 2.56. The summed E-state index contributed by atoms with van der Waals surface area (Å²) in [4.78, 5) is 18.7. The number of carbonyl (C=O) groups excluding carboxylic acids is 1. The summed E-state index contributed by atoms with van der Waals surface area (Å²) < 4.78 is 4.90. The second kappa shape index (κ2) is 5.81. The number of nitrogens with zero attached hydrogens (tertiary/aromatic N) is 2. The molecule has 0 fully saturated rings. The van der Waals surface area contributed by atoms with Gasteiger partial charge in [0.2, 0.25) is 0 Å². The van der Waals surface area contributed by atoms with Crippen molar-refractivity contribution in [2.24, 2.45) is 5.73 Å². The number of amides is 2. The molecule has 1 aromatic carbocycles. The van der Waals surface area contributed by atoms with Crippen LogP contribution in [-0.2, 0) is 6.54 Å². The summed E-state index contributed by atoms with van der Waals surface area (Å²) in [6, 6.07) is 7.50. The van der Waals surface area contributed by atoms with Crippen LogP contribution in [-0.4, -0.2) is 23.1 Å². The number of rotatable bonds is 4. The second-order valence-electron chi connectivity index (χ2n) is 3.87. The first-order valence-electron chi connectivity index (χ1n) is 5.67. The predicted octanol–water partition coefficient (Wildman–Crippen LogP) is 1.32. The van der Waals surface area contributed by atoms with Crippen LogP contribution in [0.25, 0.3) is 11.1 Å². The molecular weight excluding hydrogens is 244 g/mol. The Morgan fingerprint density at radius 3 is 2.37 bits per heavy atom. The number of urea groups is 1. The summed E-state index contributed by atoms with van der Waals surface area (Å²) in [5.74, 6) is 0. The summed E-state index contributed by atoms with van der Waals surface area (Å²) in [7, 11) is 1.52. The molecule has 19 heavy (non-hydrogen) atoms. The Hall–Kier alpha value is -2.63. The first kappa shape index (κ1) is 12.8. The highest BCUT2D eigenvalue weighted by Gasteiger charge is 2.01. The van der Waals surface area contributed by atoms with E-state index in [1.165, 1.54) is 7.11 Å². The number of carbonyl (C=O) groups is 1. The van der Waals surface area contributed by atoms with Crippen LogP contribution in [0, 0.1) is 0 Å². The Morgan fingerprint density at radius 1 is 1.21 bits per heavy atom. The molecule has 1 aromatic heterocycles. The third-order valence-corrected chi connectivity index (χ3v) is 2.56.